The highest BCUT2D eigenvalue weighted by Gasteiger charge is 2.10. The molecular weight excluding hydrogens is 369 g/mol. The fourth-order valence-electron chi connectivity index (χ4n) is 1.37. The number of aromatic nitrogens is 2. The van der Waals surface area contributed by atoms with Crippen molar-refractivity contribution in [1.82, 2.24) is 9.97 Å². The summed E-state index contributed by atoms with van der Waals surface area (Å²) in [5, 5.41) is 5.06. The first-order valence-corrected chi connectivity index (χ1v) is 7.85. The molecule has 19 heavy (non-hydrogen) atoms. The molecule has 7 heteroatoms. The van der Waals surface area contributed by atoms with Gasteiger partial charge in [-0.1, -0.05) is 35.0 Å². The maximum Gasteiger partial charge on any atom is 0.144 e. The van der Waals surface area contributed by atoms with Crippen LogP contribution in [-0.2, 0) is 0 Å². The van der Waals surface area contributed by atoms with E-state index in [4.69, 9.17) is 23.2 Å². The van der Waals surface area contributed by atoms with Crippen LogP contribution in [0.4, 0.5) is 5.82 Å². The Balaban J connectivity index is 2.27. The van der Waals surface area contributed by atoms with Crippen LogP contribution < -0.4 is 5.32 Å². The van der Waals surface area contributed by atoms with Crippen molar-refractivity contribution in [2.45, 2.75) is 16.8 Å². The number of nitrogens with one attached hydrogen (secondary N) is 1. The Hall–Kier alpha value is -0.490. The molecule has 0 spiro atoms. The molecule has 2 rings (SSSR count). The molecule has 0 radical (unpaired) electrons. The van der Waals surface area contributed by atoms with Gasteiger partial charge in [-0.25, -0.2) is 9.97 Å². The molecule has 0 unspecified atom stereocenters. The van der Waals surface area contributed by atoms with Crippen LogP contribution in [0.1, 0.15) is 6.92 Å². The molecule has 0 saturated heterocycles. The maximum atomic E-state index is 6.00. The Kier molecular flexibility index (Phi) is 5.33. The number of hydrogen-bond acceptors (Lipinski definition) is 4. The summed E-state index contributed by atoms with van der Waals surface area (Å²) in [6.45, 7) is 2.81. The van der Waals surface area contributed by atoms with E-state index in [1.807, 2.05) is 19.1 Å². The number of nitrogens with zero attached hydrogens (tertiary/aromatic N) is 2. The highest BCUT2D eigenvalue weighted by Crippen LogP contribution is 2.36. The summed E-state index contributed by atoms with van der Waals surface area (Å²) in [6.07, 6.45) is 1.53. The lowest BCUT2D eigenvalue weighted by atomic mass is 10.4. The van der Waals surface area contributed by atoms with Gasteiger partial charge in [0.05, 0.1) is 14.5 Å². The molecule has 1 aromatic carbocycles. The van der Waals surface area contributed by atoms with Crippen molar-refractivity contribution in [2.75, 3.05) is 11.9 Å². The number of hydrogen-bond donors (Lipinski definition) is 1. The summed E-state index contributed by atoms with van der Waals surface area (Å²) in [5.41, 5.74) is 0. The Morgan fingerprint density at radius 1 is 1.26 bits per heavy atom. The Morgan fingerprint density at radius 3 is 2.74 bits per heavy atom. The van der Waals surface area contributed by atoms with Gasteiger partial charge in [0.2, 0.25) is 0 Å². The predicted molar refractivity (Wildman–Crippen MR) is 84.5 cm³/mol. The number of halogens is 3. The third-order valence-electron chi connectivity index (χ3n) is 2.21. The summed E-state index contributed by atoms with van der Waals surface area (Å²) < 4.78 is 0.841. The van der Waals surface area contributed by atoms with E-state index in [0.717, 1.165) is 26.8 Å². The van der Waals surface area contributed by atoms with Crippen LogP contribution in [0, 0.1) is 0 Å². The number of benzene rings is 1. The lowest BCUT2D eigenvalue weighted by molar-refractivity contribution is 1.01. The van der Waals surface area contributed by atoms with Gasteiger partial charge in [0, 0.05) is 11.4 Å². The fourth-order valence-corrected chi connectivity index (χ4v) is 3.14. The second-order valence-electron chi connectivity index (χ2n) is 3.55. The molecule has 0 saturated carbocycles. The minimum atomic E-state index is 0.531. The molecule has 1 N–H and O–H groups in total. The van der Waals surface area contributed by atoms with Crippen molar-refractivity contribution in [1.29, 1.82) is 0 Å². The molecule has 1 aromatic heterocycles. The van der Waals surface area contributed by atoms with E-state index >= 15 is 0 Å². The summed E-state index contributed by atoms with van der Waals surface area (Å²) in [6, 6.07) is 5.49. The summed E-state index contributed by atoms with van der Waals surface area (Å²) >= 11 is 16.9. The number of anilines is 1. The van der Waals surface area contributed by atoms with Gasteiger partial charge in [-0.05, 0) is 41.1 Å². The van der Waals surface area contributed by atoms with Crippen molar-refractivity contribution < 1.29 is 0 Å². The molecule has 100 valence electrons. The van der Waals surface area contributed by atoms with Gasteiger partial charge in [-0.15, -0.1) is 0 Å². The summed E-state index contributed by atoms with van der Waals surface area (Å²) in [7, 11) is 0. The Morgan fingerprint density at radius 2 is 2.05 bits per heavy atom. The minimum Gasteiger partial charge on any atom is -0.369 e. The standard InChI is InChI=1S/C12H10BrCl2N3S/c1-2-16-11-10(13)12(18-6-17-11)19-7-3-4-8(14)9(15)5-7/h3-6H,2H2,1H3,(H,16,17,18). The second-order valence-corrected chi connectivity index (χ2v) is 6.22. The highest BCUT2D eigenvalue weighted by atomic mass is 79.9. The molecule has 0 aliphatic carbocycles. The van der Waals surface area contributed by atoms with Crippen LogP contribution >= 0.6 is 50.9 Å². The van der Waals surface area contributed by atoms with Crippen LogP contribution in [-0.4, -0.2) is 16.5 Å². The van der Waals surface area contributed by atoms with Crippen LogP contribution in [0.15, 0.2) is 38.9 Å². The normalized spacial score (nSPS) is 10.5. The van der Waals surface area contributed by atoms with Crippen molar-refractivity contribution >= 4 is 56.7 Å². The molecule has 2 aromatic rings. The third-order valence-corrected chi connectivity index (χ3v) is 4.95. The van der Waals surface area contributed by atoms with Crippen molar-refractivity contribution in [2.24, 2.45) is 0 Å². The molecular formula is C12H10BrCl2N3S. The SMILES string of the molecule is CCNc1ncnc(Sc2ccc(Cl)c(Cl)c2)c1Br. The largest absolute Gasteiger partial charge is 0.369 e. The van der Waals surface area contributed by atoms with E-state index in [2.05, 4.69) is 31.2 Å². The summed E-state index contributed by atoms with van der Waals surface area (Å²) in [4.78, 5) is 9.40. The second kappa shape index (κ2) is 6.79. The summed E-state index contributed by atoms with van der Waals surface area (Å²) in [5.74, 6) is 0.778. The zero-order valence-corrected chi connectivity index (χ0v) is 13.9. The minimum absolute atomic E-state index is 0.531. The van der Waals surface area contributed by atoms with Crippen molar-refractivity contribution in [3.05, 3.63) is 39.0 Å². The van der Waals surface area contributed by atoms with E-state index < -0.39 is 0 Å². The van der Waals surface area contributed by atoms with Gasteiger partial charge >= 0.3 is 0 Å². The molecule has 0 amide bonds. The lowest BCUT2D eigenvalue weighted by Gasteiger charge is -2.08. The van der Waals surface area contributed by atoms with E-state index in [-0.39, 0.29) is 0 Å². The monoisotopic (exact) mass is 377 g/mol. The van der Waals surface area contributed by atoms with Crippen LogP contribution in [0.2, 0.25) is 10.0 Å². The Bertz CT molecular complexity index is 595. The molecule has 0 aliphatic rings. The first-order valence-electron chi connectivity index (χ1n) is 5.49. The molecule has 1 heterocycles. The number of rotatable bonds is 4. The van der Waals surface area contributed by atoms with E-state index in [9.17, 15) is 0 Å². The average molecular weight is 379 g/mol. The van der Waals surface area contributed by atoms with Crippen LogP contribution in [0.25, 0.3) is 0 Å². The topological polar surface area (TPSA) is 37.8 Å². The van der Waals surface area contributed by atoms with Crippen LogP contribution in [0.5, 0.6) is 0 Å². The van der Waals surface area contributed by atoms with E-state index in [1.165, 1.54) is 18.1 Å². The quantitative estimate of drug-likeness (QED) is 0.748. The lowest BCUT2D eigenvalue weighted by Crippen LogP contribution is -2.01. The third kappa shape index (κ3) is 3.75. The van der Waals surface area contributed by atoms with Gasteiger partial charge < -0.3 is 5.32 Å². The smallest absolute Gasteiger partial charge is 0.144 e. The van der Waals surface area contributed by atoms with Gasteiger partial charge in [-0.3, -0.25) is 0 Å². The van der Waals surface area contributed by atoms with E-state index in [0.29, 0.717) is 10.0 Å². The van der Waals surface area contributed by atoms with Gasteiger partial charge in [0.1, 0.15) is 17.2 Å². The Labute approximate surface area is 134 Å². The van der Waals surface area contributed by atoms with Gasteiger partial charge in [-0.2, -0.15) is 0 Å². The van der Waals surface area contributed by atoms with E-state index in [1.54, 1.807) is 6.07 Å². The van der Waals surface area contributed by atoms with Gasteiger partial charge in [0.25, 0.3) is 0 Å². The zero-order chi connectivity index (χ0) is 13.8. The fraction of sp³-hybridized carbons (Fsp3) is 0.167. The molecule has 0 fully saturated rings. The first kappa shape index (κ1) is 14.9. The predicted octanol–water partition coefficient (Wildman–Crippen LogP) is 5.13. The van der Waals surface area contributed by atoms with Crippen molar-refractivity contribution in [3.8, 4) is 0 Å². The maximum absolute atomic E-state index is 6.00. The molecule has 0 atom stereocenters. The zero-order valence-electron chi connectivity index (χ0n) is 9.95. The van der Waals surface area contributed by atoms with Crippen LogP contribution in [0.3, 0.4) is 0 Å². The average Bonchev–Trinajstić information content (AvgIpc) is 2.39. The molecule has 3 nitrogen and oxygen atoms in total. The van der Waals surface area contributed by atoms with Gasteiger partial charge in [0.15, 0.2) is 0 Å². The highest BCUT2D eigenvalue weighted by molar-refractivity contribution is 9.10. The van der Waals surface area contributed by atoms with Crippen molar-refractivity contribution in [3.63, 3.8) is 0 Å². The molecule has 0 aliphatic heterocycles. The first-order chi connectivity index (χ1) is 9.11. The molecule has 0 bridgehead atoms.